The zero-order valence-electron chi connectivity index (χ0n) is 14.3. The second-order valence-corrected chi connectivity index (χ2v) is 6.25. The van der Waals surface area contributed by atoms with E-state index in [-0.39, 0.29) is 5.78 Å². The van der Waals surface area contributed by atoms with Crippen LogP contribution in [0.3, 0.4) is 0 Å². The molecule has 0 saturated heterocycles. The number of allylic oxidation sites excluding steroid dienone is 1. The number of thioether (sulfide) groups is 1. The summed E-state index contributed by atoms with van der Waals surface area (Å²) in [7, 11) is 3.16. The highest BCUT2D eigenvalue weighted by atomic mass is 32.2. The lowest BCUT2D eigenvalue weighted by Gasteiger charge is -2.12. The van der Waals surface area contributed by atoms with Gasteiger partial charge in [0.25, 0.3) is 0 Å². The lowest BCUT2D eigenvalue weighted by atomic mass is 10.1. The summed E-state index contributed by atoms with van der Waals surface area (Å²) in [5, 5.41) is 1.09. The molecular formula is C20H19NO3S. The molecule has 0 bridgehead atoms. The lowest BCUT2D eigenvalue weighted by Crippen LogP contribution is -1.99. The predicted molar refractivity (Wildman–Crippen MR) is 103 cm³/mol. The van der Waals surface area contributed by atoms with Crippen molar-refractivity contribution in [3.63, 3.8) is 0 Å². The molecule has 0 unspecified atom stereocenters. The van der Waals surface area contributed by atoms with Crippen LogP contribution in [0.5, 0.6) is 11.5 Å². The van der Waals surface area contributed by atoms with Gasteiger partial charge in [-0.25, -0.2) is 0 Å². The van der Waals surface area contributed by atoms with Crippen molar-refractivity contribution in [1.82, 2.24) is 4.98 Å². The number of carbonyl (C=O) groups is 1. The first-order valence-electron chi connectivity index (χ1n) is 7.76. The third kappa shape index (κ3) is 3.42. The number of para-hydroxylation sites is 1. The van der Waals surface area contributed by atoms with Gasteiger partial charge in [0.15, 0.2) is 17.3 Å². The average molecular weight is 353 g/mol. The average Bonchev–Trinajstić information content (AvgIpc) is 3.07. The molecule has 3 rings (SSSR count). The Balaban J connectivity index is 1.93. The molecule has 128 valence electrons. The number of rotatable bonds is 6. The van der Waals surface area contributed by atoms with Crippen molar-refractivity contribution in [2.24, 2.45) is 0 Å². The molecule has 25 heavy (non-hydrogen) atoms. The number of nitrogens with one attached hydrogen (secondary N) is 1. The van der Waals surface area contributed by atoms with Crippen molar-refractivity contribution in [2.75, 3.05) is 20.5 Å². The molecule has 5 heteroatoms. The molecule has 0 atom stereocenters. The van der Waals surface area contributed by atoms with E-state index in [1.807, 2.05) is 48.9 Å². The molecular weight excluding hydrogens is 334 g/mol. The standard InChI is InChI=1S/C20H19NO3S/c1-23-18-10-14(11-19(25-3)20(18)24-2)17(22)9-8-13-12-21-16-7-5-4-6-15(13)16/h4-12,21H,1-3H3/b9-8+. The van der Waals surface area contributed by atoms with E-state index >= 15 is 0 Å². The molecule has 0 aliphatic carbocycles. The minimum Gasteiger partial charge on any atom is -0.493 e. The van der Waals surface area contributed by atoms with E-state index in [4.69, 9.17) is 9.47 Å². The summed E-state index contributed by atoms with van der Waals surface area (Å²) in [4.78, 5) is 16.7. The fourth-order valence-electron chi connectivity index (χ4n) is 2.72. The number of ketones is 1. The van der Waals surface area contributed by atoms with Crippen molar-refractivity contribution >= 4 is 34.5 Å². The fourth-order valence-corrected chi connectivity index (χ4v) is 3.33. The van der Waals surface area contributed by atoms with E-state index in [9.17, 15) is 4.79 Å². The van der Waals surface area contributed by atoms with Gasteiger partial charge in [-0.15, -0.1) is 11.8 Å². The Morgan fingerprint density at radius 2 is 1.96 bits per heavy atom. The maximum atomic E-state index is 12.6. The second kappa shape index (κ2) is 7.49. The third-order valence-electron chi connectivity index (χ3n) is 3.98. The van der Waals surface area contributed by atoms with Gasteiger partial charge in [0.1, 0.15) is 0 Å². The molecule has 1 N–H and O–H groups in total. The largest absolute Gasteiger partial charge is 0.493 e. The molecule has 0 amide bonds. The first-order valence-corrected chi connectivity index (χ1v) is 8.99. The van der Waals surface area contributed by atoms with Crippen molar-refractivity contribution in [1.29, 1.82) is 0 Å². The van der Waals surface area contributed by atoms with Crippen molar-refractivity contribution < 1.29 is 14.3 Å². The zero-order chi connectivity index (χ0) is 17.8. The number of benzene rings is 2. The Hall–Kier alpha value is -2.66. The van der Waals surface area contributed by atoms with Crippen LogP contribution < -0.4 is 9.47 Å². The number of hydrogen-bond acceptors (Lipinski definition) is 4. The molecule has 0 spiro atoms. The molecule has 0 fully saturated rings. The number of methoxy groups -OCH3 is 2. The highest BCUT2D eigenvalue weighted by Gasteiger charge is 2.14. The number of aromatic amines is 1. The zero-order valence-corrected chi connectivity index (χ0v) is 15.1. The quantitative estimate of drug-likeness (QED) is 0.393. The van der Waals surface area contributed by atoms with Gasteiger partial charge in [-0.2, -0.15) is 0 Å². The van der Waals surface area contributed by atoms with E-state index < -0.39 is 0 Å². The normalized spacial score (nSPS) is 11.2. The summed E-state index contributed by atoms with van der Waals surface area (Å²) in [5.41, 5.74) is 2.60. The van der Waals surface area contributed by atoms with Crippen molar-refractivity contribution in [3.05, 3.63) is 59.8 Å². The minimum absolute atomic E-state index is 0.0819. The Labute approximate surface area is 150 Å². The van der Waals surface area contributed by atoms with Crippen LogP contribution in [0.4, 0.5) is 0 Å². The van der Waals surface area contributed by atoms with E-state index in [0.29, 0.717) is 17.1 Å². The molecule has 4 nitrogen and oxygen atoms in total. The Morgan fingerprint density at radius 3 is 2.68 bits per heavy atom. The van der Waals surface area contributed by atoms with Crippen molar-refractivity contribution in [2.45, 2.75) is 4.90 Å². The Bertz CT molecular complexity index is 918. The van der Waals surface area contributed by atoms with Crippen LogP contribution in [-0.4, -0.2) is 31.2 Å². The molecule has 0 aliphatic rings. The van der Waals surface area contributed by atoms with E-state index in [1.165, 1.54) is 11.8 Å². The number of hydrogen-bond donors (Lipinski definition) is 1. The van der Waals surface area contributed by atoms with Crippen LogP contribution in [0.1, 0.15) is 15.9 Å². The maximum absolute atomic E-state index is 12.6. The van der Waals surface area contributed by atoms with Crippen LogP contribution in [0.2, 0.25) is 0 Å². The molecule has 0 radical (unpaired) electrons. The van der Waals surface area contributed by atoms with Crippen LogP contribution in [0.15, 0.2) is 53.6 Å². The third-order valence-corrected chi connectivity index (χ3v) is 4.73. The molecule has 0 saturated carbocycles. The predicted octanol–water partition coefficient (Wildman–Crippen LogP) is 4.80. The number of H-pyrrole nitrogens is 1. The van der Waals surface area contributed by atoms with E-state index in [2.05, 4.69) is 4.98 Å². The number of aromatic nitrogens is 1. The highest BCUT2D eigenvalue weighted by molar-refractivity contribution is 7.98. The van der Waals surface area contributed by atoms with E-state index in [1.54, 1.807) is 26.4 Å². The molecule has 1 heterocycles. The van der Waals surface area contributed by atoms with Gasteiger partial charge in [0, 0.05) is 22.7 Å². The molecule has 0 aliphatic heterocycles. The molecule has 1 aromatic heterocycles. The Morgan fingerprint density at radius 1 is 1.16 bits per heavy atom. The van der Waals surface area contributed by atoms with E-state index in [0.717, 1.165) is 21.4 Å². The van der Waals surface area contributed by atoms with Crippen LogP contribution in [0, 0.1) is 0 Å². The first-order chi connectivity index (χ1) is 12.2. The summed E-state index contributed by atoms with van der Waals surface area (Å²) >= 11 is 1.51. The van der Waals surface area contributed by atoms with Gasteiger partial charge in [-0.3, -0.25) is 4.79 Å². The highest BCUT2D eigenvalue weighted by Crippen LogP contribution is 2.38. The lowest BCUT2D eigenvalue weighted by molar-refractivity contribution is 0.104. The van der Waals surface area contributed by atoms with Crippen LogP contribution >= 0.6 is 11.8 Å². The van der Waals surface area contributed by atoms with Gasteiger partial charge in [0.2, 0.25) is 0 Å². The second-order valence-electron chi connectivity index (χ2n) is 5.40. The van der Waals surface area contributed by atoms with Gasteiger partial charge in [-0.05, 0) is 42.2 Å². The summed E-state index contributed by atoms with van der Waals surface area (Å²) in [6.45, 7) is 0. The van der Waals surface area contributed by atoms with Gasteiger partial charge < -0.3 is 14.5 Å². The number of fused-ring (bicyclic) bond motifs is 1. The summed E-state index contributed by atoms with van der Waals surface area (Å²) in [6.07, 6.45) is 7.25. The smallest absolute Gasteiger partial charge is 0.186 e. The van der Waals surface area contributed by atoms with Crippen LogP contribution in [0.25, 0.3) is 17.0 Å². The Kier molecular flexibility index (Phi) is 5.14. The maximum Gasteiger partial charge on any atom is 0.186 e. The number of carbonyl (C=O) groups excluding carboxylic acids is 1. The SMILES string of the molecule is COc1cc(C(=O)/C=C/c2c[nH]c3ccccc23)cc(SC)c1OC. The van der Waals surface area contributed by atoms with Gasteiger partial charge in [0.05, 0.1) is 19.1 Å². The summed E-state index contributed by atoms with van der Waals surface area (Å²) < 4.78 is 10.7. The first kappa shape index (κ1) is 17.2. The summed E-state index contributed by atoms with van der Waals surface area (Å²) in [5.74, 6) is 1.12. The van der Waals surface area contributed by atoms with Crippen molar-refractivity contribution in [3.8, 4) is 11.5 Å². The number of ether oxygens (including phenoxy) is 2. The van der Waals surface area contributed by atoms with Crippen LogP contribution in [-0.2, 0) is 0 Å². The fraction of sp³-hybridized carbons (Fsp3) is 0.150. The molecule has 2 aromatic carbocycles. The topological polar surface area (TPSA) is 51.3 Å². The van der Waals surface area contributed by atoms with Gasteiger partial charge in [-0.1, -0.05) is 18.2 Å². The minimum atomic E-state index is -0.0819. The van der Waals surface area contributed by atoms with Gasteiger partial charge >= 0.3 is 0 Å². The molecule has 3 aromatic rings. The summed E-state index contributed by atoms with van der Waals surface area (Å²) in [6, 6.07) is 11.5. The monoisotopic (exact) mass is 353 g/mol.